The molecule has 0 fully saturated rings. The van der Waals surface area contributed by atoms with Gasteiger partial charge in [0, 0.05) is 31.9 Å². The highest BCUT2D eigenvalue weighted by atomic mass is 16.2. The van der Waals surface area contributed by atoms with E-state index >= 15 is 0 Å². The van der Waals surface area contributed by atoms with Crippen molar-refractivity contribution in [2.45, 2.75) is 26.3 Å². The molecule has 0 bridgehead atoms. The predicted octanol–water partition coefficient (Wildman–Crippen LogP) is 0.424. The van der Waals surface area contributed by atoms with E-state index in [9.17, 15) is 4.79 Å². The zero-order valence-electron chi connectivity index (χ0n) is 10.2. The van der Waals surface area contributed by atoms with E-state index in [1.807, 2.05) is 18.4 Å². The number of hydrogen-bond donors (Lipinski definition) is 1. The lowest BCUT2D eigenvalue weighted by Crippen LogP contribution is -2.33. The van der Waals surface area contributed by atoms with Crippen molar-refractivity contribution in [3.8, 4) is 0 Å². The Morgan fingerprint density at radius 1 is 1.69 bits per heavy atom. The van der Waals surface area contributed by atoms with E-state index in [-0.39, 0.29) is 11.9 Å². The second-order valence-corrected chi connectivity index (χ2v) is 3.86. The van der Waals surface area contributed by atoms with Gasteiger partial charge in [-0.1, -0.05) is 0 Å². The zero-order chi connectivity index (χ0) is 12.1. The van der Waals surface area contributed by atoms with Gasteiger partial charge in [0.15, 0.2) is 0 Å². The van der Waals surface area contributed by atoms with Gasteiger partial charge in [-0.15, -0.1) is 0 Å². The average molecular weight is 224 g/mol. The molecule has 1 aromatic heterocycles. The van der Waals surface area contributed by atoms with E-state index in [4.69, 9.17) is 5.73 Å². The van der Waals surface area contributed by atoms with Gasteiger partial charge in [0.2, 0.25) is 5.91 Å². The monoisotopic (exact) mass is 224 g/mol. The Bertz CT molecular complexity index is 348. The molecular formula is C11H20N4O. The highest BCUT2D eigenvalue weighted by molar-refractivity contribution is 5.79. The summed E-state index contributed by atoms with van der Waals surface area (Å²) < 4.78 is 1.89. The second kappa shape index (κ2) is 5.65. The molecule has 1 amide bonds. The van der Waals surface area contributed by atoms with Crippen LogP contribution in [-0.4, -0.2) is 40.5 Å². The first-order valence-electron chi connectivity index (χ1n) is 5.57. The lowest BCUT2D eigenvalue weighted by molar-refractivity contribution is -0.132. The summed E-state index contributed by atoms with van der Waals surface area (Å²) in [4.78, 5) is 17.7. The van der Waals surface area contributed by atoms with Crippen molar-refractivity contribution in [3.05, 3.63) is 18.2 Å². The minimum Gasteiger partial charge on any atom is -0.344 e. The van der Waals surface area contributed by atoms with Crippen molar-refractivity contribution >= 4 is 5.91 Å². The minimum absolute atomic E-state index is 0.0961. The van der Waals surface area contributed by atoms with Gasteiger partial charge in [-0.2, -0.15) is 0 Å². The predicted molar refractivity (Wildman–Crippen MR) is 63.0 cm³/mol. The molecule has 1 atom stereocenters. The van der Waals surface area contributed by atoms with E-state index in [1.165, 1.54) is 0 Å². The molecule has 1 heterocycles. The summed E-state index contributed by atoms with van der Waals surface area (Å²) in [6.07, 6.45) is 4.20. The number of nitrogens with two attached hydrogens (primary N) is 1. The number of amides is 1. The summed E-state index contributed by atoms with van der Waals surface area (Å²) in [5.41, 5.74) is 6.52. The van der Waals surface area contributed by atoms with Crippen LogP contribution in [0.4, 0.5) is 0 Å². The maximum absolute atomic E-state index is 12.0. The highest BCUT2D eigenvalue weighted by Gasteiger charge is 2.19. The molecule has 0 aliphatic carbocycles. The van der Waals surface area contributed by atoms with Gasteiger partial charge in [0.25, 0.3) is 0 Å². The minimum atomic E-state index is -0.214. The molecule has 1 aromatic rings. The first kappa shape index (κ1) is 12.7. The van der Waals surface area contributed by atoms with Gasteiger partial charge in [0.1, 0.15) is 6.04 Å². The normalized spacial score (nSPS) is 12.5. The van der Waals surface area contributed by atoms with E-state index in [0.29, 0.717) is 13.1 Å². The van der Waals surface area contributed by atoms with Crippen LogP contribution in [0, 0.1) is 0 Å². The lowest BCUT2D eigenvalue weighted by Gasteiger charge is -2.22. The second-order valence-electron chi connectivity index (χ2n) is 3.86. The van der Waals surface area contributed by atoms with Crippen LogP contribution < -0.4 is 5.73 Å². The van der Waals surface area contributed by atoms with E-state index in [1.54, 1.807) is 24.5 Å². The first-order chi connectivity index (χ1) is 7.61. The van der Waals surface area contributed by atoms with E-state index in [2.05, 4.69) is 4.98 Å². The standard InChI is InChI=1S/C11H20N4O/c1-4-14(3)11(16)9(2)15-8-13-7-10(15)5-6-12/h7-9H,4-6,12H2,1-3H3. The molecule has 90 valence electrons. The number of rotatable bonds is 5. The fourth-order valence-corrected chi connectivity index (χ4v) is 1.62. The molecule has 0 saturated heterocycles. The van der Waals surface area contributed by atoms with E-state index < -0.39 is 0 Å². The highest BCUT2D eigenvalue weighted by Crippen LogP contribution is 2.12. The van der Waals surface area contributed by atoms with Gasteiger partial charge in [-0.05, 0) is 20.4 Å². The molecular weight excluding hydrogens is 204 g/mol. The molecule has 5 heteroatoms. The molecule has 0 aromatic carbocycles. The Kier molecular flexibility index (Phi) is 4.49. The summed E-state index contributed by atoms with van der Waals surface area (Å²) in [6.45, 7) is 5.12. The van der Waals surface area contributed by atoms with Gasteiger partial charge >= 0.3 is 0 Å². The molecule has 0 spiro atoms. The maximum Gasteiger partial charge on any atom is 0.245 e. The van der Waals surface area contributed by atoms with Crippen molar-refractivity contribution in [2.75, 3.05) is 20.1 Å². The van der Waals surface area contributed by atoms with Crippen molar-refractivity contribution in [1.82, 2.24) is 14.5 Å². The third kappa shape index (κ3) is 2.61. The Labute approximate surface area is 96.3 Å². The molecule has 1 unspecified atom stereocenters. The summed E-state index contributed by atoms with van der Waals surface area (Å²) in [5, 5.41) is 0. The van der Waals surface area contributed by atoms with Crippen molar-refractivity contribution in [3.63, 3.8) is 0 Å². The molecule has 5 nitrogen and oxygen atoms in total. The third-order valence-corrected chi connectivity index (χ3v) is 2.77. The third-order valence-electron chi connectivity index (χ3n) is 2.77. The van der Waals surface area contributed by atoms with Crippen LogP contribution >= 0.6 is 0 Å². The largest absolute Gasteiger partial charge is 0.344 e. The van der Waals surface area contributed by atoms with Gasteiger partial charge < -0.3 is 15.2 Å². The Morgan fingerprint density at radius 2 is 2.38 bits per heavy atom. The molecule has 0 saturated carbocycles. The van der Waals surface area contributed by atoms with Gasteiger partial charge in [-0.3, -0.25) is 4.79 Å². The van der Waals surface area contributed by atoms with Crippen LogP contribution in [0.1, 0.15) is 25.6 Å². The number of carbonyl (C=O) groups excluding carboxylic acids is 1. The van der Waals surface area contributed by atoms with Crippen molar-refractivity contribution in [1.29, 1.82) is 0 Å². The lowest BCUT2D eigenvalue weighted by atomic mass is 10.2. The van der Waals surface area contributed by atoms with Crippen LogP contribution in [0.3, 0.4) is 0 Å². The van der Waals surface area contributed by atoms with Crippen LogP contribution in [-0.2, 0) is 11.2 Å². The van der Waals surface area contributed by atoms with Gasteiger partial charge in [-0.25, -0.2) is 4.98 Å². The van der Waals surface area contributed by atoms with Crippen molar-refractivity contribution < 1.29 is 4.79 Å². The Hall–Kier alpha value is -1.36. The number of aromatic nitrogens is 2. The van der Waals surface area contributed by atoms with Crippen LogP contribution in [0.25, 0.3) is 0 Å². The van der Waals surface area contributed by atoms with Crippen LogP contribution in [0.2, 0.25) is 0 Å². The fraction of sp³-hybridized carbons (Fsp3) is 0.636. The first-order valence-corrected chi connectivity index (χ1v) is 5.57. The number of carbonyl (C=O) groups is 1. The molecule has 0 aliphatic heterocycles. The SMILES string of the molecule is CCN(C)C(=O)C(C)n1cncc1CCN. The maximum atomic E-state index is 12.0. The number of hydrogen-bond acceptors (Lipinski definition) is 3. The van der Waals surface area contributed by atoms with Crippen LogP contribution in [0.15, 0.2) is 12.5 Å². The average Bonchev–Trinajstić information content (AvgIpc) is 2.74. The topological polar surface area (TPSA) is 64.2 Å². The number of imidazole rings is 1. The summed E-state index contributed by atoms with van der Waals surface area (Å²) in [6, 6.07) is -0.214. The zero-order valence-corrected chi connectivity index (χ0v) is 10.2. The molecule has 0 aliphatic rings. The Balaban J connectivity index is 2.83. The molecule has 2 N–H and O–H groups in total. The molecule has 1 rings (SSSR count). The van der Waals surface area contributed by atoms with E-state index in [0.717, 1.165) is 12.1 Å². The summed E-state index contributed by atoms with van der Waals surface area (Å²) in [7, 11) is 1.80. The molecule has 0 radical (unpaired) electrons. The smallest absolute Gasteiger partial charge is 0.245 e. The fourth-order valence-electron chi connectivity index (χ4n) is 1.62. The number of nitrogens with zero attached hydrogens (tertiary/aromatic N) is 3. The summed E-state index contributed by atoms with van der Waals surface area (Å²) >= 11 is 0. The Morgan fingerprint density at radius 3 is 2.94 bits per heavy atom. The summed E-state index contributed by atoms with van der Waals surface area (Å²) in [5.74, 6) is 0.0961. The van der Waals surface area contributed by atoms with Crippen LogP contribution in [0.5, 0.6) is 0 Å². The molecule has 16 heavy (non-hydrogen) atoms. The number of likely N-dealkylation sites (N-methyl/N-ethyl adjacent to an activating group) is 1. The van der Waals surface area contributed by atoms with Crippen molar-refractivity contribution in [2.24, 2.45) is 5.73 Å². The quantitative estimate of drug-likeness (QED) is 0.788. The van der Waals surface area contributed by atoms with Gasteiger partial charge in [0.05, 0.1) is 6.33 Å².